The Labute approximate surface area is 111 Å². The molecule has 0 aliphatic heterocycles. The van der Waals surface area contributed by atoms with E-state index in [1.807, 2.05) is 43.3 Å². The van der Waals surface area contributed by atoms with Crippen LogP contribution in [0.5, 0.6) is 5.75 Å². The van der Waals surface area contributed by atoms with E-state index in [4.69, 9.17) is 14.3 Å². The SMILES string of the molecule is CN(C)c1cccc(OCc2cc(C(=O)O)co2)c1. The van der Waals surface area contributed by atoms with Crippen molar-refractivity contribution in [3.05, 3.63) is 47.9 Å². The second kappa shape index (κ2) is 5.48. The lowest BCUT2D eigenvalue weighted by Crippen LogP contribution is -2.08. The molecule has 0 spiro atoms. The van der Waals surface area contributed by atoms with Gasteiger partial charge in [-0.15, -0.1) is 0 Å². The summed E-state index contributed by atoms with van der Waals surface area (Å²) in [5, 5.41) is 8.77. The molecule has 0 radical (unpaired) electrons. The van der Waals surface area contributed by atoms with Gasteiger partial charge >= 0.3 is 5.97 Å². The van der Waals surface area contributed by atoms with Crippen molar-refractivity contribution >= 4 is 11.7 Å². The molecular formula is C14H15NO4. The third-order valence-corrected chi connectivity index (χ3v) is 2.62. The molecule has 0 bridgehead atoms. The number of benzene rings is 1. The Balaban J connectivity index is 2.01. The number of aromatic carboxylic acids is 1. The van der Waals surface area contributed by atoms with E-state index in [1.165, 1.54) is 12.3 Å². The van der Waals surface area contributed by atoms with Crippen LogP contribution in [0.15, 0.2) is 41.0 Å². The van der Waals surface area contributed by atoms with Gasteiger partial charge in [0.25, 0.3) is 0 Å². The molecule has 5 heteroatoms. The molecule has 2 aromatic rings. The second-order valence-electron chi connectivity index (χ2n) is 4.29. The lowest BCUT2D eigenvalue weighted by Gasteiger charge is -2.13. The van der Waals surface area contributed by atoms with Crippen LogP contribution in [0.3, 0.4) is 0 Å². The molecule has 0 saturated carbocycles. The monoisotopic (exact) mass is 261 g/mol. The van der Waals surface area contributed by atoms with Crippen LogP contribution >= 0.6 is 0 Å². The molecule has 0 atom stereocenters. The highest BCUT2D eigenvalue weighted by atomic mass is 16.5. The van der Waals surface area contributed by atoms with Crippen molar-refractivity contribution in [3.8, 4) is 5.75 Å². The molecule has 1 aromatic heterocycles. The molecule has 0 amide bonds. The molecule has 5 nitrogen and oxygen atoms in total. The first-order valence-electron chi connectivity index (χ1n) is 5.77. The van der Waals surface area contributed by atoms with Gasteiger partial charge in [0, 0.05) is 25.8 Å². The lowest BCUT2D eigenvalue weighted by atomic mass is 10.3. The fraction of sp³-hybridized carbons (Fsp3) is 0.214. The van der Waals surface area contributed by atoms with Crippen LogP contribution in [0.1, 0.15) is 16.1 Å². The van der Waals surface area contributed by atoms with Crippen molar-refractivity contribution in [1.82, 2.24) is 0 Å². The second-order valence-corrected chi connectivity index (χ2v) is 4.29. The molecule has 0 aliphatic carbocycles. The molecule has 2 rings (SSSR count). The first-order valence-corrected chi connectivity index (χ1v) is 5.77. The van der Waals surface area contributed by atoms with E-state index >= 15 is 0 Å². The van der Waals surface area contributed by atoms with E-state index in [1.54, 1.807) is 0 Å². The average Bonchev–Trinajstić information content (AvgIpc) is 2.85. The van der Waals surface area contributed by atoms with Crippen LogP contribution in [0.2, 0.25) is 0 Å². The van der Waals surface area contributed by atoms with Crippen molar-refractivity contribution < 1.29 is 19.1 Å². The number of rotatable bonds is 5. The largest absolute Gasteiger partial charge is 0.486 e. The number of ether oxygens (including phenoxy) is 1. The number of nitrogens with zero attached hydrogens (tertiary/aromatic N) is 1. The normalized spacial score (nSPS) is 10.2. The van der Waals surface area contributed by atoms with Crippen LogP contribution in [-0.2, 0) is 6.61 Å². The minimum absolute atomic E-state index is 0.126. The minimum atomic E-state index is -1.01. The van der Waals surface area contributed by atoms with Gasteiger partial charge in [0.05, 0.1) is 5.56 Å². The van der Waals surface area contributed by atoms with Gasteiger partial charge in [-0.25, -0.2) is 4.79 Å². The van der Waals surface area contributed by atoms with Gasteiger partial charge in [-0.2, -0.15) is 0 Å². The van der Waals surface area contributed by atoms with Crippen molar-refractivity contribution in [2.45, 2.75) is 6.61 Å². The average molecular weight is 261 g/mol. The van der Waals surface area contributed by atoms with E-state index in [0.29, 0.717) is 11.5 Å². The van der Waals surface area contributed by atoms with Gasteiger partial charge in [0.1, 0.15) is 24.4 Å². The first-order chi connectivity index (χ1) is 9.06. The Morgan fingerprint density at radius 2 is 2.16 bits per heavy atom. The topological polar surface area (TPSA) is 62.9 Å². The minimum Gasteiger partial charge on any atom is -0.486 e. The summed E-state index contributed by atoms with van der Waals surface area (Å²) in [7, 11) is 3.90. The van der Waals surface area contributed by atoms with Gasteiger partial charge in [0.15, 0.2) is 0 Å². The Morgan fingerprint density at radius 3 is 2.79 bits per heavy atom. The third-order valence-electron chi connectivity index (χ3n) is 2.62. The Bertz CT molecular complexity index is 574. The standard InChI is InChI=1S/C14H15NO4/c1-15(2)11-4-3-5-12(7-11)19-9-13-6-10(8-18-13)14(16)17/h3-8H,9H2,1-2H3,(H,16,17). The van der Waals surface area contributed by atoms with Gasteiger partial charge in [-0.05, 0) is 18.2 Å². The first kappa shape index (κ1) is 13.0. The fourth-order valence-corrected chi connectivity index (χ4v) is 1.57. The quantitative estimate of drug-likeness (QED) is 0.896. The van der Waals surface area contributed by atoms with E-state index in [-0.39, 0.29) is 12.2 Å². The van der Waals surface area contributed by atoms with E-state index < -0.39 is 5.97 Å². The Morgan fingerprint density at radius 1 is 1.37 bits per heavy atom. The zero-order chi connectivity index (χ0) is 13.8. The van der Waals surface area contributed by atoms with E-state index in [0.717, 1.165) is 5.69 Å². The lowest BCUT2D eigenvalue weighted by molar-refractivity contribution is 0.0696. The van der Waals surface area contributed by atoms with Crippen molar-refractivity contribution in [2.75, 3.05) is 19.0 Å². The summed E-state index contributed by atoms with van der Waals surface area (Å²) in [6.07, 6.45) is 1.21. The number of furan rings is 1. The number of carboxylic acid groups (broad SMARTS) is 1. The molecule has 0 aliphatic rings. The highest BCUT2D eigenvalue weighted by Gasteiger charge is 2.08. The molecule has 1 N–H and O–H groups in total. The fourth-order valence-electron chi connectivity index (χ4n) is 1.57. The zero-order valence-electron chi connectivity index (χ0n) is 10.8. The highest BCUT2D eigenvalue weighted by molar-refractivity contribution is 5.87. The van der Waals surface area contributed by atoms with Gasteiger partial charge < -0.3 is 19.2 Å². The molecule has 0 saturated heterocycles. The maximum absolute atomic E-state index is 10.7. The molecular weight excluding hydrogens is 246 g/mol. The molecule has 1 aromatic carbocycles. The van der Waals surface area contributed by atoms with E-state index in [2.05, 4.69) is 0 Å². The summed E-state index contributed by atoms with van der Waals surface area (Å²) in [6, 6.07) is 9.07. The van der Waals surface area contributed by atoms with Gasteiger partial charge in [0.2, 0.25) is 0 Å². The summed E-state index contributed by atoms with van der Waals surface area (Å²) in [5.41, 5.74) is 1.16. The number of hydrogen-bond donors (Lipinski definition) is 1. The van der Waals surface area contributed by atoms with Crippen LogP contribution < -0.4 is 9.64 Å². The third kappa shape index (κ3) is 3.28. The van der Waals surface area contributed by atoms with Crippen LogP contribution in [0.4, 0.5) is 5.69 Å². The summed E-state index contributed by atoms with van der Waals surface area (Å²) in [4.78, 5) is 12.7. The van der Waals surface area contributed by atoms with Crippen LogP contribution in [-0.4, -0.2) is 25.2 Å². The van der Waals surface area contributed by atoms with E-state index in [9.17, 15) is 4.79 Å². The number of carboxylic acids is 1. The Hall–Kier alpha value is -2.43. The molecule has 100 valence electrons. The predicted octanol–water partition coefficient (Wildman–Crippen LogP) is 2.62. The maximum atomic E-state index is 10.7. The maximum Gasteiger partial charge on any atom is 0.338 e. The molecule has 1 heterocycles. The number of hydrogen-bond acceptors (Lipinski definition) is 4. The molecule has 0 fully saturated rings. The summed E-state index contributed by atoms with van der Waals surface area (Å²) < 4.78 is 10.7. The summed E-state index contributed by atoms with van der Waals surface area (Å²) in [5.74, 6) is 0.178. The predicted molar refractivity (Wildman–Crippen MR) is 70.8 cm³/mol. The van der Waals surface area contributed by atoms with Gasteiger partial charge in [-0.3, -0.25) is 0 Å². The molecule has 0 unspecified atom stereocenters. The van der Waals surface area contributed by atoms with Crippen molar-refractivity contribution in [1.29, 1.82) is 0 Å². The molecule has 19 heavy (non-hydrogen) atoms. The van der Waals surface area contributed by atoms with Crippen molar-refractivity contribution in [3.63, 3.8) is 0 Å². The van der Waals surface area contributed by atoms with Crippen molar-refractivity contribution in [2.24, 2.45) is 0 Å². The van der Waals surface area contributed by atoms with Crippen LogP contribution in [0, 0.1) is 0 Å². The van der Waals surface area contributed by atoms with Gasteiger partial charge in [-0.1, -0.05) is 6.07 Å². The summed E-state index contributed by atoms with van der Waals surface area (Å²) in [6.45, 7) is 0.199. The van der Waals surface area contributed by atoms with Crippen LogP contribution in [0.25, 0.3) is 0 Å². The zero-order valence-corrected chi connectivity index (χ0v) is 10.8. The Kier molecular flexibility index (Phi) is 3.75. The smallest absolute Gasteiger partial charge is 0.338 e. The highest BCUT2D eigenvalue weighted by Crippen LogP contribution is 2.20. The number of carbonyl (C=O) groups is 1. The number of anilines is 1. The summed E-state index contributed by atoms with van der Waals surface area (Å²) >= 11 is 0.